The molecule has 0 aromatic heterocycles. The van der Waals surface area contributed by atoms with E-state index >= 15 is 0 Å². The summed E-state index contributed by atoms with van der Waals surface area (Å²) in [6.45, 7) is 3.12. The highest BCUT2D eigenvalue weighted by Crippen LogP contribution is 2.13. The average Bonchev–Trinajstić information content (AvgIpc) is 2.78. The molecule has 0 amide bonds. The van der Waals surface area contributed by atoms with Crippen molar-refractivity contribution in [3.63, 3.8) is 0 Å². The van der Waals surface area contributed by atoms with Crippen LogP contribution in [0.4, 0.5) is 0 Å². The molecule has 0 radical (unpaired) electrons. The van der Waals surface area contributed by atoms with Gasteiger partial charge in [-0.2, -0.15) is 0 Å². The van der Waals surface area contributed by atoms with Crippen molar-refractivity contribution in [3.8, 4) is 0 Å². The third-order valence-corrected chi connectivity index (χ3v) is 5.62. The summed E-state index contributed by atoms with van der Waals surface area (Å²) in [7, 11) is 0. The van der Waals surface area contributed by atoms with Crippen LogP contribution >= 0.6 is 0 Å². The molecular formula is C27H50O5. The standard InChI is InChI=1S/C27H50O5/c1-3-4-5-6-7-8-9-10-11-12-13-14-15-16-17-18-19-20-21-22-27(30)32-26(23-28)24-31-25(2)29/h10-11,26,28H,3-9,12-24H2,1-2H3. The van der Waals surface area contributed by atoms with Gasteiger partial charge in [0, 0.05) is 13.3 Å². The van der Waals surface area contributed by atoms with E-state index in [1.165, 1.54) is 96.8 Å². The summed E-state index contributed by atoms with van der Waals surface area (Å²) in [6, 6.07) is 0. The third-order valence-electron chi connectivity index (χ3n) is 5.62. The van der Waals surface area contributed by atoms with E-state index in [0.29, 0.717) is 6.42 Å². The lowest BCUT2D eigenvalue weighted by molar-refractivity contribution is -0.160. The van der Waals surface area contributed by atoms with Crippen molar-refractivity contribution in [2.75, 3.05) is 13.2 Å². The molecule has 0 saturated heterocycles. The molecule has 5 heteroatoms. The molecule has 0 aliphatic carbocycles. The Kier molecular flexibility index (Phi) is 23.3. The SMILES string of the molecule is CCCCCCCCC=CCCCCCCCCCCCC(=O)OC(CO)COC(C)=O. The van der Waals surface area contributed by atoms with Crippen molar-refractivity contribution in [2.45, 2.75) is 136 Å². The fraction of sp³-hybridized carbons (Fsp3) is 0.852. The Balaban J connectivity index is 3.34. The summed E-state index contributed by atoms with van der Waals surface area (Å²) in [4.78, 5) is 22.5. The van der Waals surface area contributed by atoms with Crippen LogP contribution in [0.15, 0.2) is 12.2 Å². The number of hydrogen-bond donors (Lipinski definition) is 1. The molecule has 32 heavy (non-hydrogen) atoms. The molecule has 1 unspecified atom stereocenters. The number of allylic oxidation sites excluding steroid dienone is 2. The quantitative estimate of drug-likeness (QED) is 0.102. The van der Waals surface area contributed by atoms with E-state index < -0.39 is 12.1 Å². The van der Waals surface area contributed by atoms with Gasteiger partial charge >= 0.3 is 11.9 Å². The van der Waals surface area contributed by atoms with Crippen molar-refractivity contribution in [2.24, 2.45) is 0 Å². The minimum Gasteiger partial charge on any atom is -0.462 e. The molecular weight excluding hydrogens is 404 g/mol. The zero-order chi connectivity index (χ0) is 23.7. The van der Waals surface area contributed by atoms with Crippen molar-refractivity contribution >= 4 is 11.9 Å². The van der Waals surface area contributed by atoms with Gasteiger partial charge in [-0.25, -0.2) is 0 Å². The van der Waals surface area contributed by atoms with Crippen LogP contribution in [0.5, 0.6) is 0 Å². The number of rotatable bonds is 23. The Bertz CT molecular complexity index is 461. The molecule has 0 spiro atoms. The number of aliphatic hydroxyl groups excluding tert-OH is 1. The molecule has 1 N–H and O–H groups in total. The Morgan fingerprint density at radius 1 is 0.750 bits per heavy atom. The lowest BCUT2D eigenvalue weighted by atomic mass is 10.1. The van der Waals surface area contributed by atoms with Crippen molar-refractivity contribution < 1.29 is 24.2 Å². The van der Waals surface area contributed by atoms with Crippen LogP contribution in [0.25, 0.3) is 0 Å². The summed E-state index contributed by atoms with van der Waals surface area (Å²) in [5.41, 5.74) is 0. The summed E-state index contributed by atoms with van der Waals surface area (Å²) >= 11 is 0. The topological polar surface area (TPSA) is 72.8 Å². The van der Waals surface area contributed by atoms with Gasteiger partial charge in [-0.15, -0.1) is 0 Å². The maximum atomic E-state index is 11.8. The summed E-state index contributed by atoms with van der Waals surface area (Å²) < 4.78 is 9.88. The van der Waals surface area contributed by atoms with Gasteiger partial charge in [-0.3, -0.25) is 9.59 Å². The molecule has 0 rings (SSSR count). The normalized spacial score (nSPS) is 12.2. The summed E-state index contributed by atoms with van der Waals surface area (Å²) in [6.07, 6.45) is 25.8. The maximum Gasteiger partial charge on any atom is 0.306 e. The van der Waals surface area contributed by atoms with Gasteiger partial charge in [0.1, 0.15) is 6.61 Å². The number of esters is 2. The zero-order valence-corrected chi connectivity index (χ0v) is 21.0. The van der Waals surface area contributed by atoms with Crippen LogP contribution in [-0.4, -0.2) is 36.4 Å². The van der Waals surface area contributed by atoms with Crippen LogP contribution in [0.2, 0.25) is 0 Å². The fourth-order valence-corrected chi connectivity index (χ4v) is 3.63. The molecule has 5 nitrogen and oxygen atoms in total. The van der Waals surface area contributed by atoms with Gasteiger partial charge in [0.25, 0.3) is 0 Å². The van der Waals surface area contributed by atoms with Gasteiger partial charge in [0.05, 0.1) is 6.61 Å². The highest BCUT2D eigenvalue weighted by molar-refractivity contribution is 5.69. The molecule has 188 valence electrons. The molecule has 0 aromatic carbocycles. The van der Waals surface area contributed by atoms with E-state index in [1.54, 1.807) is 0 Å². The first-order valence-corrected chi connectivity index (χ1v) is 13.2. The van der Waals surface area contributed by atoms with Crippen molar-refractivity contribution in [3.05, 3.63) is 12.2 Å². The van der Waals surface area contributed by atoms with Gasteiger partial charge in [0.2, 0.25) is 0 Å². The lowest BCUT2D eigenvalue weighted by Crippen LogP contribution is -2.28. The summed E-state index contributed by atoms with van der Waals surface area (Å²) in [5, 5.41) is 9.15. The Morgan fingerprint density at radius 2 is 1.22 bits per heavy atom. The highest BCUT2D eigenvalue weighted by Gasteiger charge is 2.14. The monoisotopic (exact) mass is 454 g/mol. The van der Waals surface area contributed by atoms with Crippen LogP contribution in [0.1, 0.15) is 129 Å². The Hall–Kier alpha value is -1.36. The molecule has 0 bridgehead atoms. The predicted molar refractivity (Wildman–Crippen MR) is 132 cm³/mol. The maximum absolute atomic E-state index is 11.8. The zero-order valence-electron chi connectivity index (χ0n) is 21.0. The fourth-order valence-electron chi connectivity index (χ4n) is 3.63. The predicted octanol–water partition coefficient (Wildman–Crippen LogP) is 7.05. The number of hydrogen-bond acceptors (Lipinski definition) is 5. The molecule has 0 fully saturated rings. The second-order valence-electron chi connectivity index (χ2n) is 8.85. The van der Waals surface area contributed by atoms with E-state index in [0.717, 1.165) is 19.3 Å². The highest BCUT2D eigenvalue weighted by atomic mass is 16.6. The molecule has 1 atom stereocenters. The Morgan fingerprint density at radius 3 is 1.69 bits per heavy atom. The smallest absolute Gasteiger partial charge is 0.306 e. The lowest BCUT2D eigenvalue weighted by Gasteiger charge is -2.15. The minimum atomic E-state index is -0.762. The van der Waals surface area contributed by atoms with Crippen molar-refractivity contribution in [1.82, 2.24) is 0 Å². The van der Waals surface area contributed by atoms with Crippen molar-refractivity contribution in [1.29, 1.82) is 0 Å². The van der Waals surface area contributed by atoms with Gasteiger partial charge in [0.15, 0.2) is 6.10 Å². The second kappa shape index (κ2) is 24.3. The molecule has 0 heterocycles. The number of aliphatic hydroxyl groups is 1. The number of ether oxygens (including phenoxy) is 2. The van der Waals surface area contributed by atoms with E-state index in [2.05, 4.69) is 19.1 Å². The summed E-state index contributed by atoms with van der Waals surface area (Å²) in [5.74, 6) is -0.785. The van der Waals surface area contributed by atoms with E-state index in [9.17, 15) is 9.59 Å². The van der Waals surface area contributed by atoms with E-state index in [1.807, 2.05) is 0 Å². The first-order valence-electron chi connectivity index (χ1n) is 13.2. The molecule has 0 saturated carbocycles. The van der Waals surface area contributed by atoms with Crippen LogP contribution in [0.3, 0.4) is 0 Å². The largest absolute Gasteiger partial charge is 0.462 e. The Labute approximate surface area is 197 Å². The first kappa shape index (κ1) is 30.6. The van der Waals surface area contributed by atoms with Crippen LogP contribution < -0.4 is 0 Å². The first-order chi connectivity index (χ1) is 15.6. The van der Waals surface area contributed by atoms with Gasteiger partial charge < -0.3 is 14.6 Å². The molecule has 0 aliphatic rings. The van der Waals surface area contributed by atoms with Crippen LogP contribution in [-0.2, 0) is 19.1 Å². The van der Waals surface area contributed by atoms with Gasteiger partial charge in [-0.05, 0) is 32.1 Å². The minimum absolute atomic E-state index is 0.0902. The third kappa shape index (κ3) is 23.3. The number of unbranched alkanes of at least 4 members (excludes halogenated alkanes) is 15. The molecule has 0 aliphatic heterocycles. The average molecular weight is 455 g/mol. The van der Waals surface area contributed by atoms with Gasteiger partial charge in [-0.1, -0.05) is 96.1 Å². The number of carbonyl (C=O) groups excluding carboxylic acids is 2. The number of carbonyl (C=O) groups is 2. The van der Waals surface area contributed by atoms with E-state index in [-0.39, 0.29) is 19.2 Å². The second-order valence-corrected chi connectivity index (χ2v) is 8.85. The van der Waals surface area contributed by atoms with Crippen LogP contribution in [0, 0.1) is 0 Å². The van der Waals surface area contributed by atoms with E-state index in [4.69, 9.17) is 14.6 Å². The molecule has 0 aromatic rings.